The first-order valence-corrected chi connectivity index (χ1v) is 10.4. The van der Waals surface area contributed by atoms with Crippen LogP contribution in [-0.4, -0.2) is 57.2 Å². The molecule has 1 fully saturated rings. The number of nitrogens with zero attached hydrogens (tertiary/aromatic N) is 3. The number of aliphatic hydroxyl groups excluding tert-OH is 1. The van der Waals surface area contributed by atoms with Gasteiger partial charge in [-0.1, -0.05) is 36.4 Å². The van der Waals surface area contributed by atoms with Crippen LogP contribution in [0.25, 0.3) is 0 Å². The van der Waals surface area contributed by atoms with Crippen LogP contribution in [0.15, 0.2) is 73.2 Å². The van der Waals surface area contributed by atoms with E-state index in [2.05, 4.69) is 15.3 Å². The maximum absolute atomic E-state index is 13.6. The Morgan fingerprint density at radius 3 is 2.75 bits per heavy atom. The molecule has 1 amide bonds. The topological polar surface area (TPSA) is 87.6 Å². The maximum atomic E-state index is 13.6. The van der Waals surface area contributed by atoms with Crippen molar-refractivity contribution >= 4 is 5.91 Å². The molecule has 8 heteroatoms. The molecule has 1 heterocycles. The average Bonchev–Trinajstić information content (AvgIpc) is 3.09. The van der Waals surface area contributed by atoms with Gasteiger partial charge in [0.2, 0.25) is 0 Å². The van der Waals surface area contributed by atoms with Crippen LogP contribution in [-0.2, 0) is 6.54 Å². The summed E-state index contributed by atoms with van der Waals surface area (Å²) in [5.41, 5.74) is 1.33. The fourth-order valence-electron chi connectivity index (χ4n) is 4.18. The second-order valence-electron chi connectivity index (χ2n) is 7.91. The van der Waals surface area contributed by atoms with Gasteiger partial charge in [0.25, 0.3) is 5.91 Å². The van der Waals surface area contributed by atoms with Gasteiger partial charge in [-0.05, 0) is 30.8 Å². The van der Waals surface area contributed by atoms with E-state index in [0.717, 1.165) is 5.56 Å². The number of benzene rings is 2. The summed E-state index contributed by atoms with van der Waals surface area (Å²) < 4.78 is 19.5. The van der Waals surface area contributed by atoms with Gasteiger partial charge in [-0.3, -0.25) is 9.69 Å². The average molecular weight is 436 g/mol. The van der Waals surface area contributed by atoms with Crippen molar-refractivity contribution in [2.45, 2.75) is 37.3 Å². The predicted octanol–water partition coefficient (Wildman–Crippen LogP) is 2.43. The van der Waals surface area contributed by atoms with E-state index in [1.807, 2.05) is 42.3 Å². The van der Waals surface area contributed by atoms with E-state index in [0.29, 0.717) is 18.7 Å². The zero-order valence-electron chi connectivity index (χ0n) is 17.6. The lowest BCUT2D eigenvalue weighted by Gasteiger charge is -2.32. The molecule has 1 aliphatic rings. The minimum atomic E-state index is -0.900. The lowest BCUT2D eigenvalue weighted by atomic mass is 10.1. The molecule has 0 bridgehead atoms. The fourth-order valence-corrected chi connectivity index (χ4v) is 4.18. The summed E-state index contributed by atoms with van der Waals surface area (Å²) in [6.45, 7) is 0.579. The van der Waals surface area contributed by atoms with E-state index in [1.54, 1.807) is 12.1 Å². The number of amides is 1. The Bertz CT molecular complexity index is 1040. The molecule has 2 aromatic carbocycles. The predicted molar refractivity (Wildman–Crippen MR) is 116 cm³/mol. The SMILES string of the molecule is CN(Cc1ccccc1)[C@@H]1[C@@H](O)[C@H](Oc2cccc(F)c2)C[C@H]1NC(=O)c1ccncn1. The second kappa shape index (κ2) is 9.84. The van der Waals surface area contributed by atoms with Crippen molar-refractivity contribution in [2.75, 3.05) is 7.05 Å². The van der Waals surface area contributed by atoms with Crippen LogP contribution >= 0.6 is 0 Å². The first-order chi connectivity index (χ1) is 15.5. The Hall–Kier alpha value is -3.36. The van der Waals surface area contributed by atoms with Crippen LogP contribution in [0.2, 0.25) is 0 Å². The third-order valence-corrected chi connectivity index (χ3v) is 5.63. The molecule has 7 nitrogen and oxygen atoms in total. The molecular formula is C24H25FN4O3. The first-order valence-electron chi connectivity index (χ1n) is 10.4. The molecule has 3 aromatic rings. The van der Waals surface area contributed by atoms with Gasteiger partial charge in [0.15, 0.2) is 0 Å². The number of halogens is 1. The summed E-state index contributed by atoms with van der Waals surface area (Å²) in [6.07, 6.45) is 1.66. The number of nitrogens with one attached hydrogen (secondary N) is 1. The minimum Gasteiger partial charge on any atom is -0.487 e. The third kappa shape index (κ3) is 5.09. The summed E-state index contributed by atoms with van der Waals surface area (Å²) in [4.78, 5) is 22.6. The summed E-state index contributed by atoms with van der Waals surface area (Å²) >= 11 is 0. The second-order valence-corrected chi connectivity index (χ2v) is 7.91. The summed E-state index contributed by atoms with van der Waals surface area (Å²) in [5.74, 6) is -0.434. The number of ether oxygens (including phenoxy) is 1. The van der Waals surface area contributed by atoms with Gasteiger partial charge < -0.3 is 15.2 Å². The lowest BCUT2D eigenvalue weighted by molar-refractivity contribution is 0.0124. The molecule has 0 saturated heterocycles. The van der Waals surface area contributed by atoms with Crippen LogP contribution in [0.3, 0.4) is 0 Å². The van der Waals surface area contributed by atoms with Gasteiger partial charge in [-0.15, -0.1) is 0 Å². The first kappa shape index (κ1) is 21.9. The standard InChI is InChI=1S/C24H25FN4O3/c1-29(14-16-6-3-2-4-7-16)22-20(28-24(31)19-10-11-26-15-27-19)13-21(23(22)30)32-18-9-5-8-17(25)12-18/h2-12,15,20-23,30H,13-14H2,1H3,(H,28,31)/t20-,21-,22+,23+/m1/s1. The number of aromatic nitrogens is 2. The smallest absolute Gasteiger partial charge is 0.270 e. The van der Waals surface area contributed by atoms with E-state index in [4.69, 9.17) is 4.74 Å². The van der Waals surface area contributed by atoms with Crippen molar-refractivity contribution in [1.29, 1.82) is 0 Å². The van der Waals surface area contributed by atoms with Crippen molar-refractivity contribution in [3.63, 3.8) is 0 Å². The van der Waals surface area contributed by atoms with Crippen molar-refractivity contribution in [1.82, 2.24) is 20.2 Å². The van der Waals surface area contributed by atoms with Gasteiger partial charge in [0.05, 0.1) is 12.1 Å². The lowest BCUT2D eigenvalue weighted by Crippen LogP contribution is -2.52. The van der Waals surface area contributed by atoms with Crippen molar-refractivity contribution in [3.8, 4) is 5.75 Å². The normalized spacial score (nSPS) is 22.6. The molecule has 0 radical (unpaired) electrons. The van der Waals surface area contributed by atoms with E-state index in [1.165, 1.54) is 30.7 Å². The van der Waals surface area contributed by atoms with Crippen molar-refractivity contribution in [3.05, 3.63) is 90.3 Å². The van der Waals surface area contributed by atoms with Gasteiger partial charge >= 0.3 is 0 Å². The largest absolute Gasteiger partial charge is 0.487 e. The summed E-state index contributed by atoms with van der Waals surface area (Å²) in [5, 5.41) is 14.1. The van der Waals surface area contributed by atoms with Crippen molar-refractivity contribution in [2.24, 2.45) is 0 Å². The van der Waals surface area contributed by atoms with Crippen LogP contribution in [0.4, 0.5) is 4.39 Å². The van der Waals surface area contributed by atoms with Crippen LogP contribution < -0.4 is 10.1 Å². The highest BCUT2D eigenvalue weighted by Crippen LogP contribution is 2.30. The zero-order valence-corrected chi connectivity index (χ0v) is 17.6. The quantitative estimate of drug-likeness (QED) is 0.592. The highest BCUT2D eigenvalue weighted by atomic mass is 19.1. The number of carbonyl (C=O) groups is 1. The number of hydrogen-bond donors (Lipinski definition) is 2. The molecule has 2 N–H and O–H groups in total. The van der Waals surface area contributed by atoms with E-state index < -0.39 is 30.1 Å². The Morgan fingerprint density at radius 2 is 2.03 bits per heavy atom. The molecule has 32 heavy (non-hydrogen) atoms. The molecule has 1 aliphatic carbocycles. The number of rotatable bonds is 7. The van der Waals surface area contributed by atoms with Crippen LogP contribution in [0.1, 0.15) is 22.5 Å². The summed E-state index contributed by atoms with van der Waals surface area (Å²) in [6, 6.07) is 16.4. The minimum absolute atomic E-state index is 0.244. The molecule has 0 spiro atoms. The Balaban J connectivity index is 1.54. The Labute approximate surface area is 185 Å². The number of hydrogen-bond acceptors (Lipinski definition) is 6. The number of carbonyl (C=O) groups excluding carboxylic acids is 1. The molecule has 4 rings (SSSR count). The van der Waals surface area contributed by atoms with E-state index >= 15 is 0 Å². The Kier molecular flexibility index (Phi) is 6.72. The van der Waals surface area contributed by atoms with Gasteiger partial charge in [-0.25, -0.2) is 14.4 Å². The van der Waals surface area contributed by atoms with Crippen LogP contribution in [0, 0.1) is 5.82 Å². The van der Waals surface area contributed by atoms with Gasteiger partial charge in [-0.2, -0.15) is 0 Å². The third-order valence-electron chi connectivity index (χ3n) is 5.63. The molecule has 4 atom stereocenters. The van der Waals surface area contributed by atoms with Crippen molar-refractivity contribution < 1.29 is 19.0 Å². The molecular weight excluding hydrogens is 411 g/mol. The maximum Gasteiger partial charge on any atom is 0.270 e. The molecule has 0 aliphatic heterocycles. The Morgan fingerprint density at radius 1 is 1.22 bits per heavy atom. The van der Waals surface area contributed by atoms with Gasteiger partial charge in [0, 0.05) is 25.2 Å². The summed E-state index contributed by atoms with van der Waals surface area (Å²) in [7, 11) is 1.90. The zero-order chi connectivity index (χ0) is 22.5. The van der Waals surface area contributed by atoms with Gasteiger partial charge in [0.1, 0.15) is 35.8 Å². The highest BCUT2D eigenvalue weighted by molar-refractivity contribution is 5.92. The number of aliphatic hydroxyl groups is 1. The molecule has 166 valence electrons. The van der Waals surface area contributed by atoms with E-state index in [9.17, 15) is 14.3 Å². The monoisotopic (exact) mass is 436 g/mol. The molecule has 1 aromatic heterocycles. The van der Waals surface area contributed by atoms with Crippen LogP contribution in [0.5, 0.6) is 5.75 Å². The fraction of sp³-hybridized carbons (Fsp3) is 0.292. The van der Waals surface area contributed by atoms with E-state index in [-0.39, 0.29) is 11.6 Å². The highest BCUT2D eigenvalue weighted by Gasteiger charge is 2.46. The molecule has 1 saturated carbocycles. The molecule has 0 unspecified atom stereocenters. The number of likely N-dealkylation sites (N-methyl/N-ethyl adjacent to an activating group) is 1.